The fourth-order valence-electron chi connectivity index (χ4n) is 4.04. The highest BCUT2D eigenvalue weighted by molar-refractivity contribution is 7.96. The Labute approximate surface area is 236 Å². The quantitative estimate of drug-likeness (QED) is 0.219. The maximum absolute atomic E-state index is 13.8. The van der Waals surface area contributed by atoms with Gasteiger partial charge >= 0.3 is 0 Å². The lowest BCUT2D eigenvalue weighted by Gasteiger charge is -2.10. The number of sulfone groups is 1. The van der Waals surface area contributed by atoms with Crippen molar-refractivity contribution >= 4 is 33.4 Å². The molecule has 0 bridgehead atoms. The first-order valence-corrected chi connectivity index (χ1v) is 14.0. The predicted octanol–water partition coefficient (Wildman–Crippen LogP) is 5.93. The van der Waals surface area contributed by atoms with Gasteiger partial charge in [-0.2, -0.15) is 5.10 Å². The van der Waals surface area contributed by atoms with Gasteiger partial charge in [-0.1, -0.05) is 48.0 Å². The Morgan fingerprint density at radius 1 is 1.02 bits per heavy atom. The van der Waals surface area contributed by atoms with Crippen LogP contribution in [0.1, 0.15) is 11.3 Å². The second kappa shape index (κ2) is 11.6. The van der Waals surface area contributed by atoms with Crippen molar-refractivity contribution in [2.45, 2.75) is 11.4 Å². The van der Waals surface area contributed by atoms with Crippen molar-refractivity contribution in [3.63, 3.8) is 0 Å². The number of methoxy groups -OCH3 is 1. The van der Waals surface area contributed by atoms with E-state index >= 15 is 0 Å². The van der Waals surface area contributed by atoms with Crippen LogP contribution in [-0.2, 0) is 21.2 Å². The number of rotatable bonds is 9. The van der Waals surface area contributed by atoms with Gasteiger partial charge in [0.05, 0.1) is 35.5 Å². The van der Waals surface area contributed by atoms with Gasteiger partial charge in [-0.3, -0.25) is 4.79 Å². The average Bonchev–Trinajstić information content (AvgIpc) is 3.66. The van der Waals surface area contributed by atoms with Crippen molar-refractivity contribution < 1.29 is 22.4 Å². The Kier molecular flexibility index (Phi) is 7.86. The summed E-state index contributed by atoms with van der Waals surface area (Å²) in [7, 11) is -2.71. The Balaban J connectivity index is 1.67. The first kappa shape index (κ1) is 27.0. The minimum atomic E-state index is -4.23. The van der Waals surface area contributed by atoms with Crippen LogP contribution in [0.3, 0.4) is 0 Å². The Hall–Kier alpha value is -4.60. The largest absolute Gasteiger partial charge is 0.495 e. The Bertz CT molecular complexity index is 1760. The molecule has 0 spiro atoms. The number of hydrogen-bond acceptors (Lipinski definition) is 6. The highest BCUT2D eigenvalue weighted by atomic mass is 35.5. The third-order valence-electron chi connectivity index (χ3n) is 6.05. The van der Waals surface area contributed by atoms with E-state index in [0.717, 1.165) is 5.69 Å². The van der Waals surface area contributed by atoms with Crippen molar-refractivity contribution in [1.29, 1.82) is 0 Å². The van der Waals surface area contributed by atoms with E-state index in [9.17, 15) is 13.2 Å². The number of carbonyl (C=O) groups excluding carboxylic acids is 1. The molecule has 202 valence electrons. The van der Waals surface area contributed by atoms with Gasteiger partial charge < -0.3 is 14.5 Å². The molecule has 10 heteroatoms. The van der Waals surface area contributed by atoms with Crippen molar-refractivity contribution in [2.75, 3.05) is 7.11 Å². The molecule has 2 heterocycles. The number of hydrogen-bond donors (Lipinski definition) is 1. The van der Waals surface area contributed by atoms with Gasteiger partial charge in [-0.15, -0.1) is 0 Å². The number of carbonyl (C=O) groups is 1. The predicted molar refractivity (Wildman–Crippen MR) is 153 cm³/mol. The summed E-state index contributed by atoms with van der Waals surface area (Å²) >= 11 is 6.41. The van der Waals surface area contributed by atoms with Gasteiger partial charge in [0, 0.05) is 17.3 Å². The molecule has 0 atom stereocenters. The molecule has 0 aliphatic heterocycles. The highest BCUT2D eigenvalue weighted by Gasteiger charge is 2.28. The standard InChI is InChI=1S/C30H24ClN3O5S/c1-38-27-15-14-21(17-26(27)31)29-22(20-34(33-29)23-9-4-2-5-10-23)18-28(30(35)32-19-24-11-8-16-39-24)40(36,37)25-12-6-3-7-13-25/h2-18,20H,19H2,1H3,(H,32,35). The van der Waals surface area contributed by atoms with Gasteiger partial charge in [-0.05, 0) is 60.7 Å². The lowest BCUT2D eigenvalue weighted by Crippen LogP contribution is -2.28. The third-order valence-corrected chi connectivity index (χ3v) is 8.12. The van der Waals surface area contributed by atoms with Crippen LogP contribution >= 0.6 is 11.6 Å². The van der Waals surface area contributed by atoms with E-state index in [1.807, 2.05) is 30.3 Å². The normalized spacial score (nSPS) is 11.8. The molecule has 2 aromatic heterocycles. The molecule has 0 fully saturated rings. The van der Waals surface area contributed by atoms with Crippen LogP contribution in [0, 0.1) is 0 Å². The number of amides is 1. The molecule has 0 saturated heterocycles. The lowest BCUT2D eigenvalue weighted by atomic mass is 10.1. The minimum absolute atomic E-state index is 0.0116. The molecule has 0 radical (unpaired) electrons. The summed E-state index contributed by atoms with van der Waals surface area (Å²) < 4.78 is 39.8. The SMILES string of the molecule is COc1ccc(-c2nn(-c3ccccc3)cc2C=C(C(=O)NCc2ccco2)S(=O)(=O)c2ccccc2)cc1Cl. The van der Waals surface area contributed by atoms with Crippen LogP contribution in [0.4, 0.5) is 0 Å². The maximum atomic E-state index is 13.8. The van der Waals surface area contributed by atoms with E-state index < -0.39 is 20.6 Å². The summed E-state index contributed by atoms with van der Waals surface area (Å²) in [5.74, 6) is 0.177. The molecule has 0 unspecified atom stereocenters. The molecule has 8 nitrogen and oxygen atoms in total. The van der Waals surface area contributed by atoms with E-state index in [4.69, 9.17) is 25.9 Å². The fraction of sp³-hybridized carbons (Fsp3) is 0.0667. The van der Waals surface area contributed by atoms with Gasteiger partial charge in [0.1, 0.15) is 22.1 Å². The van der Waals surface area contributed by atoms with Crippen molar-refractivity contribution in [3.8, 4) is 22.7 Å². The second-order valence-corrected chi connectivity index (χ2v) is 11.0. The van der Waals surface area contributed by atoms with E-state index in [1.165, 1.54) is 31.6 Å². The molecule has 3 aromatic carbocycles. The van der Waals surface area contributed by atoms with Crippen LogP contribution in [0.2, 0.25) is 5.02 Å². The molecule has 5 rings (SSSR count). The van der Waals surface area contributed by atoms with Gasteiger partial charge in [0.2, 0.25) is 9.84 Å². The topological polar surface area (TPSA) is 103 Å². The van der Waals surface area contributed by atoms with Crippen molar-refractivity contribution in [1.82, 2.24) is 15.1 Å². The van der Waals surface area contributed by atoms with Crippen molar-refractivity contribution in [3.05, 3.63) is 125 Å². The zero-order valence-corrected chi connectivity index (χ0v) is 22.9. The van der Waals surface area contributed by atoms with Gasteiger partial charge in [-0.25, -0.2) is 13.1 Å². The number of benzene rings is 3. The summed E-state index contributed by atoms with van der Waals surface area (Å²) in [6, 6.07) is 25.6. The van der Waals surface area contributed by atoms with Gasteiger partial charge in [0.25, 0.3) is 5.91 Å². The van der Waals surface area contributed by atoms with Crippen molar-refractivity contribution in [2.24, 2.45) is 0 Å². The van der Waals surface area contributed by atoms with E-state index in [0.29, 0.717) is 33.4 Å². The highest BCUT2D eigenvalue weighted by Crippen LogP contribution is 2.33. The molecular weight excluding hydrogens is 550 g/mol. The van der Waals surface area contributed by atoms with Crippen LogP contribution in [0.15, 0.2) is 118 Å². The van der Waals surface area contributed by atoms with Gasteiger partial charge in [0.15, 0.2) is 0 Å². The maximum Gasteiger partial charge on any atom is 0.263 e. The van der Waals surface area contributed by atoms with E-state index in [1.54, 1.807) is 59.4 Å². The summed E-state index contributed by atoms with van der Waals surface area (Å²) in [6.45, 7) is 0.0116. The Morgan fingerprint density at radius 3 is 2.40 bits per heavy atom. The number of halogens is 1. The average molecular weight is 574 g/mol. The molecule has 40 heavy (non-hydrogen) atoms. The number of nitrogens with one attached hydrogen (secondary N) is 1. The third kappa shape index (κ3) is 5.70. The molecule has 0 saturated carbocycles. The number of ether oxygens (including phenoxy) is 1. The van der Waals surface area contributed by atoms with Crippen LogP contribution in [0.25, 0.3) is 23.0 Å². The molecule has 0 aliphatic carbocycles. The van der Waals surface area contributed by atoms with Crippen LogP contribution in [0.5, 0.6) is 5.75 Å². The molecular formula is C30H24ClN3O5S. The summed E-state index contributed by atoms with van der Waals surface area (Å²) in [4.78, 5) is 13.0. The molecule has 5 aromatic rings. The second-order valence-electron chi connectivity index (χ2n) is 8.65. The smallest absolute Gasteiger partial charge is 0.263 e. The van der Waals surface area contributed by atoms with E-state index in [2.05, 4.69) is 5.32 Å². The zero-order chi connectivity index (χ0) is 28.1. The summed E-state index contributed by atoms with van der Waals surface area (Å²) in [6.07, 6.45) is 4.48. The summed E-state index contributed by atoms with van der Waals surface area (Å²) in [5, 5.41) is 7.75. The molecule has 1 N–H and O–H groups in total. The van der Waals surface area contributed by atoms with Crippen LogP contribution in [-0.4, -0.2) is 31.2 Å². The molecule has 1 amide bonds. The number of nitrogens with zero attached hydrogens (tertiary/aromatic N) is 2. The zero-order valence-electron chi connectivity index (χ0n) is 21.3. The Morgan fingerprint density at radius 2 is 1.75 bits per heavy atom. The number of para-hydroxylation sites is 1. The van der Waals surface area contributed by atoms with Crippen LogP contribution < -0.4 is 10.1 Å². The lowest BCUT2D eigenvalue weighted by molar-refractivity contribution is -0.117. The van der Waals surface area contributed by atoms with E-state index in [-0.39, 0.29) is 11.4 Å². The first-order valence-electron chi connectivity index (χ1n) is 12.2. The summed E-state index contributed by atoms with van der Waals surface area (Å²) in [5.41, 5.74) is 2.18. The first-order chi connectivity index (χ1) is 19.4. The monoisotopic (exact) mass is 573 g/mol. The minimum Gasteiger partial charge on any atom is -0.495 e. The molecule has 0 aliphatic rings. The number of aromatic nitrogens is 2. The fourth-order valence-corrected chi connectivity index (χ4v) is 5.67. The number of furan rings is 1.